The summed E-state index contributed by atoms with van der Waals surface area (Å²) in [6, 6.07) is 2.02. The highest BCUT2D eigenvalue weighted by Gasteiger charge is 2.10. The van der Waals surface area contributed by atoms with Crippen LogP contribution in [0.15, 0.2) is 11.4 Å². The minimum absolute atomic E-state index is 0.0124. The van der Waals surface area contributed by atoms with E-state index in [0.717, 1.165) is 0 Å². The summed E-state index contributed by atoms with van der Waals surface area (Å²) < 4.78 is 0. The summed E-state index contributed by atoms with van der Waals surface area (Å²) in [5.41, 5.74) is 1.19. The Hall–Kier alpha value is -1.31. The molecule has 0 aliphatic heterocycles. The first-order valence-corrected chi connectivity index (χ1v) is 5.42. The number of aryl methyl sites for hydroxylation is 1. The molecule has 0 amide bonds. The van der Waals surface area contributed by atoms with Gasteiger partial charge in [-0.3, -0.25) is 9.69 Å². The highest BCUT2D eigenvalue weighted by atomic mass is 32.1. The first-order valence-electron chi connectivity index (χ1n) is 4.54. The van der Waals surface area contributed by atoms with Crippen molar-refractivity contribution in [3.05, 3.63) is 21.9 Å². The molecule has 0 unspecified atom stereocenters. The number of hydrogen-bond donors (Lipinski definition) is 1. The van der Waals surface area contributed by atoms with Crippen LogP contribution in [0.25, 0.3) is 0 Å². The van der Waals surface area contributed by atoms with Gasteiger partial charge in [-0.15, -0.1) is 17.8 Å². The van der Waals surface area contributed by atoms with E-state index in [1.54, 1.807) is 16.2 Å². The van der Waals surface area contributed by atoms with E-state index in [1.165, 1.54) is 10.4 Å². The van der Waals surface area contributed by atoms with Crippen molar-refractivity contribution in [2.24, 2.45) is 0 Å². The van der Waals surface area contributed by atoms with E-state index in [0.29, 0.717) is 13.1 Å². The molecule has 4 heteroatoms. The fraction of sp³-hybridized carbons (Fsp3) is 0.364. The molecule has 0 spiro atoms. The maximum absolute atomic E-state index is 10.6. The Kier molecular flexibility index (Phi) is 4.35. The lowest BCUT2D eigenvalue weighted by molar-refractivity contribution is -0.138. The van der Waals surface area contributed by atoms with Crippen molar-refractivity contribution in [2.75, 3.05) is 13.1 Å². The second-order valence-electron chi connectivity index (χ2n) is 3.27. The van der Waals surface area contributed by atoms with Gasteiger partial charge in [-0.1, -0.05) is 5.92 Å². The zero-order valence-corrected chi connectivity index (χ0v) is 9.38. The van der Waals surface area contributed by atoms with Crippen LogP contribution < -0.4 is 0 Å². The van der Waals surface area contributed by atoms with Crippen LogP contribution in [0.4, 0.5) is 0 Å². The number of aliphatic carboxylic acids is 1. The van der Waals surface area contributed by atoms with Crippen LogP contribution in [0.3, 0.4) is 0 Å². The van der Waals surface area contributed by atoms with E-state index in [2.05, 4.69) is 5.92 Å². The van der Waals surface area contributed by atoms with E-state index in [9.17, 15) is 4.79 Å². The summed E-state index contributed by atoms with van der Waals surface area (Å²) >= 11 is 1.63. The Labute approximate surface area is 93.3 Å². The lowest BCUT2D eigenvalue weighted by Gasteiger charge is -2.16. The van der Waals surface area contributed by atoms with Crippen molar-refractivity contribution >= 4 is 17.3 Å². The van der Waals surface area contributed by atoms with Crippen molar-refractivity contribution in [1.29, 1.82) is 0 Å². The molecular formula is C11H13NO2S. The number of carboxylic acid groups (broad SMARTS) is 1. The lowest BCUT2D eigenvalue weighted by atomic mass is 10.3. The second kappa shape index (κ2) is 5.54. The standard InChI is InChI=1S/C11H13NO2S/c1-3-5-12(8-11(13)14)7-10-9(2)4-6-15-10/h1,4,6H,5,7-8H2,2H3,(H,13,14). The van der Waals surface area contributed by atoms with Gasteiger partial charge in [0.25, 0.3) is 0 Å². The molecule has 15 heavy (non-hydrogen) atoms. The second-order valence-corrected chi connectivity index (χ2v) is 4.27. The lowest BCUT2D eigenvalue weighted by Crippen LogP contribution is -2.29. The molecule has 0 atom stereocenters. The van der Waals surface area contributed by atoms with Gasteiger partial charge in [0, 0.05) is 11.4 Å². The van der Waals surface area contributed by atoms with Gasteiger partial charge in [0.2, 0.25) is 0 Å². The summed E-state index contributed by atoms with van der Waals surface area (Å²) in [7, 11) is 0. The zero-order chi connectivity index (χ0) is 11.3. The Morgan fingerprint density at radius 3 is 2.93 bits per heavy atom. The third-order valence-electron chi connectivity index (χ3n) is 2.01. The van der Waals surface area contributed by atoms with Crippen LogP contribution in [0.2, 0.25) is 0 Å². The van der Waals surface area contributed by atoms with E-state index in [-0.39, 0.29) is 6.54 Å². The van der Waals surface area contributed by atoms with E-state index >= 15 is 0 Å². The van der Waals surface area contributed by atoms with Gasteiger partial charge in [-0.2, -0.15) is 0 Å². The highest BCUT2D eigenvalue weighted by Crippen LogP contribution is 2.17. The highest BCUT2D eigenvalue weighted by molar-refractivity contribution is 7.10. The van der Waals surface area contributed by atoms with Gasteiger partial charge in [0.1, 0.15) is 0 Å². The molecule has 0 aliphatic rings. The number of terminal acetylenes is 1. The van der Waals surface area contributed by atoms with Crippen molar-refractivity contribution in [3.63, 3.8) is 0 Å². The molecule has 0 fully saturated rings. The molecule has 0 aromatic carbocycles. The van der Waals surface area contributed by atoms with Crippen LogP contribution in [-0.2, 0) is 11.3 Å². The smallest absolute Gasteiger partial charge is 0.317 e. The number of hydrogen-bond acceptors (Lipinski definition) is 3. The third-order valence-corrected chi connectivity index (χ3v) is 3.02. The van der Waals surface area contributed by atoms with Crippen LogP contribution in [0.1, 0.15) is 10.4 Å². The number of carbonyl (C=O) groups is 1. The summed E-state index contributed by atoms with van der Waals surface area (Å²) in [6.45, 7) is 2.98. The molecule has 0 saturated heterocycles. The molecule has 0 bridgehead atoms. The van der Waals surface area contributed by atoms with Gasteiger partial charge in [-0.05, 0) is 23.9 Å². The Balaban J connectivity index is 2.63. The molecule has 0 saturated carbocycles. The minimum Gasteiger partial charge on any atom is -0.480 e. The van der Waals surface area contributed by atoms with E-state index in [4.69, 9.17) is 11.5 Å². The Morgan fingerprint density at radius 2 is 2.47 bits per heavy atom. The average Bonchev–Trinajstić information content (AvgIpc) is 2.51. The average molecular weight is 223 g/mol. The fourth-order valence-corrected chi connectivity index (χ4v) is 2.20. The van der Waals surface area contributed by atoms with E-state index in [1.807, 2.05) is 18.4 Å². The molecule has 0 radical (unpaired) electrons. The van der Waals surface area contributed by atoms with Gasteiger partial charge in [-0.25, -0.2) is 0 Å². The molecule has 1 rings (SSSR count). The van der Waals surface area contributed by atoms with Gasteiger partial charge in [0.15, 0.2) is 0 Å². The summed E-state index contributed by atoms with van der Waals surface area (Å²) in [5, 5.41) is 10.7. The summed E-state index contributed by atoms with van der Waals surface area (Å²) in [5.74, 6) is 1.62. The maximum Gasteiger partial charge on any atom is 0.317 e. The predicted molar refractivity (Wildman–Crippen MR) is 60.8 cm³/mol. The molecule has 3 nitrogen and oxygen atoms in total. The molecule has 1 heterocycles. The summed E-state index contributed by atoms with van der Waals surface area (Å²) in [4.78, 5) is 13.5. The Bertz CT molecular complexity index is 378. The summed E-state index contributed by atoms with van der Waals surface area (Å²) in [6.07, 6.45) is 5.19. The normalized spacial score (nSPS) is 10.2. The Morgan fingerprint density at radius 1 is 1.73 bits per heavy atom. The van der Waals surface area contributed by atoms with Crippen LogP contribution >= 0.6 is 11.3 Å². The van der Waals surface area contributed by atoms with Gasteiger partial charge >= 0.3 is 5.97 Å². The molecular weight excluding hydrogens is 210 g/mol. The van der Waals surface area contributed by atoms with Gasteiger partial charge in [0.05, 0.1) is 13.1 Å². The van der Waals surface area contributed by atoms with Crippen molar-refractivity contribution < 1.29 is 9.90 Å². The van der Waals surface area contributed by atoms with Crippen molar-refractivity contribution in [2.45, 2.75) is 13.5 Å². The molecule has 1 N–H and O–H groups in total. The first-order chi connectivity index (χ1) is 7.13. The predicted octanol–water partition coefficient (Wildman–Crippen LogP) is 1.58. The van der Waals surface area contributed by atoms with Gasteiger partial charge < -0.3 is 5.11 Å². The van der Waals surface area contributed by atoms with Crippen molar-refractivity contribution in [1.82, 2.24) is 4.90 Å². The molecule has 0 aliphatic carbocycles. The number of nitrogens with zero attached hydrogens (tertiary/aromatic N) is 1. The first kappa shape index (κ1) is 11.8. The zero-order valence-electron chi connectivity index (χ0n) is 8.56. The molecule has 1 aromatic heterocycles. The monoisotopic (exact) mass is 223 g/mol. The quantitative estimate of drug-likeness (QED) is 0.770. The van der Waals surface area contributed by atoms with Crippen molar-refractivity contribution in [3.8, 4) is 12.3 Å². The fourth-order valence-electron chi connectivity index (χ4n) is 1.26. The van der Waals surface area contributed by atoms with Crippen LogP contribution in [0.5, 0.6) is 0 Å². The molecule has 1 aromatic rings. The molecule has 80 valence electrons. The van der Waals surface area contributed by atoms with Crippen LogP contribution in [-0.4, -0.2) is 29.1 Å². The maximum atomic E-state index is 10.6. The minimum atomic E-state index is -0.848. The largest absolute Gasteiger partial charge is 0.480 e. The topological polar surface area (TPSA) is 40.5 Å². The van der Waals surface area contributed by atoms with Crippen LogP contribution in [0, 0.1) is 19.3 Å². The number of thiophene rings is 1. The SMILES string of the molecule is C#CCN(CC(=O)O)Cc1sccc1C. The number of rotatable bonds is 5. The van der Waals surface area contributed by atoms with E-state index < -0.39 is 5.97 Å². The number of carboxylic acids is 1. The third kappa shape index (κ3) is 3.74.